The number of nitriles is 1. The number of carbonyl (C=O) groups excluding carboxylic acids is 1. The van der Waals surface area contributed by atoms with Crippen molar-refractivity contribution in [1.29, 1.82) is 5.26 Å². The molecule has 0 amide bonds. The molecule has 15 heavy (non-hydrogen) atoms. The van der Waals surface area contributed by atoms with E-state index in [2.05, 4.69) is 0 Å². The van der Waals surface area contributed by atoms with Gasteiger partial charge >= 0.3 is 0 Å². The highest BCUT2D eigenvalue weighted by Gasteiger charge is 2.63. The van der Waals surface area contributed by atoms with Crippen molar-refractivity contribution in [2.45, 2.75) is 50.3 Å². The molecular formula is C12H16ClNO. The maximum absolute atomic E-state index is 12.0. The van der Waals surface area contributed by atoms with Gasteiger partial charge in [-0.15, -0.1) is 0 Å². The molecule has 0 bridgehead atoms. The van der Waals surface area contributed by atoms with Crippen molar-refractivity contribution in [2.24, 2.45) is 11.3 Å². The standard InChI is InChI=1S/C12H16ClNO/c1-11(9-5-3-2-4-6-9)7-12(13,8-14)10(11)15/h9H,2-7H2,1H3. The highest BCUT2D eigenvalue weighted by Crippen LogP contribution is 2.55. The lowest BCUT2D eigenvalue weighted by atomic mass is 9.53. The molecule has 3 heteroatoms. The summed E-state index contributed by atoms with van der Waals surface area (Å²) in [6, 6.07) is 1.94. The topological polar surface area (TPSA) is 40.9 Å². The van der Waals surface area contributed by atoms with Crippen LogP contribution < -0.4 is 0 Å². The van der Waals surface area contributed by atoms with Crippen molar-refractivity contribution in [3.05, 3.63) is 0 Å². The minimum atomic E-state index is -1.20. The van der Waals surface area contributed by atoms with Gasteiger partial charge in [0.15, 0.2) is 10.7 Å². The van der Waals surface area contributed by atoms with E-state index in [1.54, 1.807) is 0 Å². The minimum absolute atomic E-state index is 0.0360. The largest absolute Gasteiger partial charge is 0.296 e. The molecule has 2 saturated carbocycles. The second-order valence-corrected chi connectivity index (χ2v) is 5.82. The Bertz CT molecular complexity index is 329. The van der Waals surface area contributed by atoms with Gasteiger partial charge in [0, 0.05) is 5.41 Å². The van der Waals surface area contributed by atoms with Gasteiger partial charge in [0.2, 0.25) is 0 Å². The Morgan fingerprint density at radius 3 is 2.47 bits per heavy atom. The molecule has 2 aliphatic rings. The van der Waals surface area contributed by atoms with Gasteiger partial charge in [-0.2, -0.15) is 5.26 Å². The first kappa shape index (κ1) is 11.0. The number of carbonyl (C=O) groups is 1. The molecule has 0 heterocycles. The van der Waals surface area contributed by atoms with Gasteiger partial charge in [-0.05, 0) is 25.2 Å². The first-order valence-corrected chi connectivity index (χ1v) is 6.06. The van der Waals surface area contributed by atoms with E-state index in [0.717, 1.165) is 12.8 Å². The number of alkyl halides is 1. The van der Waals surface area contributed by atoms with Crippen LogP contribution in [0.25, 0.3) is 0 Å². The van der Waals surface area contributed by atoms with E-state index in [0.29, 0.717) is 12.3 Å². The number of hydrogen-bond acceptors (Lipinski definition) is 2. The van der Waals surface area contributed by atoms with Crippen molar-refractivity contribution in [3.8, 4) is 6.07 Å². The van der Waals surface area contributed by atoms with Crippen molar-refractivity contribution < 1.29 is 4.79 Å². The van der Waals surface area contributed by atoms with Gasteiger partial charge in [0.05, 0.1) is 6.07 Å². The van der Waals surface area contributed by atoms with Crippen LogP contribution in [0.1, 0.15) is 45.4 Å². The molecule has 2 rings (SSSR count). The summed E-state index contributed by atoms with van der Waals surface area (Å²) in [5.41, 5.74) is -0.308. The van der Waals surface area contributed by atoms with Crippen molar-refractivity contribution in [2.75, 3.05) is 0 Å². The molecule has 2 atom stereocenters. The molecule has 0 aromatic carbocycles. The van der Waals surface area contributed by atoms with Crippen LogP contribution in [-0.4, -0.2) is 10.7 Å². The van der Waals surface area contributed by atoms with Gasteiger partial charge in [-0.3, -0.25) is 4.79 Å². The number of halogens is 1. The van der Waals surface area contributed by atoms with E-state index < -0.39 is 4.87 Å². The first-order valence-electron chi connectivity index (χ1n) is 5.68. The Balaban J connectivity index is 2.11. The van der Waals surface area contributed by atoms with E-state index in [4.69, 9.17) is 16.9 Å². The Labute approximate surface area is 95.6 Å². The average Bonchev–Trinajstić information content (AvgIpc) is 2.29. The van der Waals surface area contributed by atoms with Gasteiger partial charge in [-0.25, -0.2) is 0 Å². The van der Waals surface area contributed by atoms with Crippen LogP contribution >= 0.6 is 11.6 Å². The Morgan fingerprint density at radius 1 is 1.40 bits per heavy atom. The fourth-order valence-electron chi connectivity index (χ4n) is 3.17. The summed E-state index contributed by atoms with van der Waals surface area (Å²) in [4.78, 5) is 10.8. The third-order valence-electron chi connectivity index (χ3n) is 4.17. The zero-order valence-corrected chi connectivity index (χ0v) is 9.81. The lowest BCUT2D eigenvalue weighted by molar-refractivity contribution is -0.145. The molecule has 0 aromatic rings. The molecule has 0 saturated heterocycles. The predicted octanol–water partition coefficient (Wildman–Crippen LogP) is 3.05. The highest BCUT2D eigenvalue weighted by molar-refractivity contribution is 6.41. The van der Waals surface area contributed by atoms with Crippen LogP contribution in [0.2, 0.25) is 0 Å². The maximum Gasteiger partial charge on any atom is 0.190 e. The molecule has 2 nitrogen and oxygen atoms in total. The smallest absolute Gasteiger partial charge is 0.190 e. The molecule has 2 unspecified atom stereocenters. The quantitative estimate of drug-likeness (QED) is 0.644. The van der Waals surface area contributed by atoms with Gasteiger partial charge < -0.3 is 0 Å². The maximum atomic E-state index is 12.0. The summed E-state index contributed by atoms with van der Waals surface area (Å²) in [6.45, 7) is 1.99. The molecule has 0 aliphatic heterocycles. The van der Waals surface area contributed by atoms with Crippen molar-refractivity contribution >= 4 is 17.4 Å². The van der Waals surface area contributed by atoms with Crippen molar-refractivity contribution in [1.82, 2.24) is 0 Å². The van der Waals surface area contributed by atoms with Crippen LogP contribution in [0.4, 0.5) is 0 Å². The summed E-state index contributed by atoms with van der Waals surface area (Å²) < 4.78 is 0. The number of Topliss-reactive ketones (excluding diaryl/α,β-unsaturated/α-hetero) is 1. The van der Waals surface area contributed by atoms with E-state index in [1.807, 2.05) is 13.0 Å². The molecule has 0 radical (unpaired) electrons. The Hall–Kier alpha value is -0.550. The lowest BCUT2D eigenvalue weighted by Gasteiger charge is -2.50. The van der Waals surface area contributed by atoms with E-state index in [-0.39, 0.29) is 11.2 Å². The molecule has 2 fully saturated rings. The Kier molecular flexibility index (Phi) is 2.55. The summed E-state index contributed by atoms with van der Waals surface area (Å²) in [5, 5.41) is 8.84. The van der Waals surface area contributed by atoms with Gasteiger partial charge in [0.25, 0.3) is 0 Å². The van der Waals surface area contributed by atoms with Crippen LogP contribution in [0.5, 0.6) is 0 Å². The molecule has 0 N–H and O–H groups in total. The van der Waals surface area contributed by atoms with E-state index in [1.165, 1.54) is 19.3 Å². The highest BCUT2D eigenvalue weighted by atomic mass is 35.5. The molecular weight excluding hydrogens is 210 g/mol. The number of ketones is 1. The third kappa shape index (κ3) is 1.49. The normalized spacial score (nSPS) is 42.1. The van der Waals surface area contributed by atoms with Crippen LogP contribution in [-0.2, 0) is 4.79 Å². The SMILES string of the molecule is CC1(C2CCCCC2)CC(Cl)(C#N)C1=O. The van der Waals surface area contributed by atoms with Crippen LogP contribution in [0.3, 0.4) is 0 Å². The van der Waals surface area contributed by atoms with Crippen molar-refractivity contribution in [3.63, 3.8) is 0 Å². The molecule has 2 aliphatic carbocycles. The summed E-state index contributed by atoms with van der Waals surface area (Å²) in [7, 11) is 0. The molecule has 82 valence electrons. The fourth-order valence-corrected chi connectivity index (χ4v) is 3.67. The van der Waals surface area contributed by atoms with Gasteiger partial charge in [-0.1, -0.05) is 37.8 Å². The summed E-state index contributed by atoms with van der Waals surface area (Å²) in [6.07, 6.45) is 6.51. The summed E-state index contributed by atoms with van der Waals surface area (Å²) in [5.74, 6) is 0.421. The molecule has 0 aromatic heterocycles. The zero-order chi connectivity index (χ0) is 11.1. The minimum Gasteiger partial charge on any atom is -0.296 e. The van der Waals surface area contributed by atoms with Crippen LogP contribution in [0, 0.1) is 22.7 Å². The van der Waals surface area contributed by atoms with E-state index in [9.17, 15) is 4.79 Å². The fraction of sp³-hybridized carbons (Fsp3) is 0.833. The first-order chi connectivity index (χ1) is 7.03. The second-order valence-electron chi connectivity index (χ2n) is 5.17. The zero-order valence-electron chi connectivity index (χ0n) is 9.05. The number of hydrogen-bond donors (Lipinski definition) is 0. The van der Waals surface area contributed by atoms with Gasteiger partial charge in [0.1, 0.15) is 0 Å². The molecule has 0 spiro atoms. The number of rotatable bonds is 1. The number of nitrogens with zero attached hydrogens (tertiary/aromatic N) is 1. The average molecular weight is 226 g/mol. The lowest BCUT2D eigenvalue weighted by Crippen LogP contribution is -2.60. The Morgan fingerprint density at radius 2 is 2.00 bits per heavy atom. The predicted molar refractivity (Wildman–Crippen MR) is 58.5 cm³/mol. The van der Waals surface area contributed by atoms with Crippen LogP contribution in [0.15, 0.2) is 0 Å². The third-order valence-corrected chi connectivity index (χ3v) is 4.56. The second kappa shape index (κ2) is 3.49. The summed E-state index contributed by atoms with van der Waals surface area (Å²) >= 11 is 5.94. The van der Waals surface area contributed by atoms with E-state index >= 15 is 0 Å². The monoisotopic (exact) mass is 225 g/mol.